The van der Waals surface area contributed by atoms with E-state index in [0.717, 1.165) is 5.56 Å². The molecule has 7 heteroatoms. The molecule has 0 bridgehead atoms. The molecule has 1 saturated heterocycles. The smallest absolute Gasteiger partial charge is 0.236 e. The van der Waals surface area contributed by atoms with Gasteiger partial charge in [-0.15, -0.1) is 5.10 Å². The van der Waals surface area contributed by atoms with Crippen molar-refractivity contribution in [3.63, 3.8) is 0 Å². The zero-order valence-corrected chi connectivity index (χ0v) is 12.1. The highest BCUT2D eigenvalue weighted by Gasteiger charge is 2.15. The fourth-order valence-electron chi connectivity index (χ4n) is 1.73. The van der Waals surface area contributed by atoms with E-state index in [0.29, 0.717) is 23.0 Å². The number of hydrogen-bond donors (Lipinski definition) is 1. The molecule has 1 N–H and O–H groups in total. The van der Waals surface area contributed by atoms with Crippen LogP contribution in [0.25, 0.3) is 0 Å². The van der Waals surface area contributed by atoms with Gasteiger partial charge in [0, 0.05) is 6.54 Å². The number of benzene rings is 1. The van der Waals surface area contributed by atoms with Crippen molar-refractivity contribution in [3.05, 3.63) is 35.1 Å². The number of nitrogens with one attached hydrogen (secondary N) is 1. The van der Waals surface area contributed by atoms with Crippen molar-refractivity contribution in [1.82, 2.24) is 10.2 Å². The minimum absolute atomic E-state index is 0.0806. The van der Waals surface area contributed by atoms with Crippen LogP contribution in [0, 0.1) is 5.82 Å². The van der Waals surface area contributed by atoms with Crippen molar-refractivity contribution in [2.45, 2.75) is 6.54 Å². The van der Waals surface area contributed by atoms with Gasteiger partial charge in [-0.2, -0.15) is 5.10 Å². The van der Waals surface area contributed by atoms with Gasteiger partial charge in [0.25, 0.3) is 0 Å². The molecule has 0 aliphatic carbocycles. The molecule has 0 radical (unpaired) electrons. The normalized spacial score (nSPS) is 17.4. The summed E-state index contributed by atoms with van der Waals surface area (Å²) < 4.78 is 13.5. The van der Waals surface area contributed by atoms with Crippen molar-refractivity contribution < 1.29 is 9.18 Å². The Kier molecular flexibility index (Phi) is 4.86. The van der Waals surface area contributed by atoms with Crippen molar-refractivity contribution >= 4 is 29.1 Å². The monoisotopic (exact) mass is 294 g/mol. The molecule has 1 fully saturated rings. The first-order chi connectivity index (χ1) is 9.52. The molecule has 1 aromatic carbocycles. The lowest BCUT2D eigenvalue weighted by Gasteiger charge is -2.10. The first-order valence-corrected chi connectivity index (χ1v) is 6.99. The van der Waals surface area contributed by atoms with E-state index in [4.69, 9.17) is 0 Å². The molecule has 2 rings (SSSR count). The van der Waals surface area contributed by atoms with E-state index < -0.39 is 0 Å². The standard InChI is InChI=1S/C13H15FN4OS/c1-18(2)7-10-3-9(4-11(14)5-10)6-15-17-13-16-12(19)8-20-13/h3-6H,7-8H2,1-2H3,(H,16,17,19). The topological polar surface area (TPSA) is 57.1 Å². The minimum Gasteiger partial charge on any atom is -0.305 e. The van der Waals surface area contributed by atoms with E-state index in [2.05, 4.69) is 15.5 Å². The molecule has 5 nitrogen and oxygen atoms in total. The Bertz CT molecular complexity index is 571. The third-order valence-corrected chi connectivity index (χ3v) is 3.28. The summed E-state index contributed by atoms with van der Waals surface area (Å²) in [6.07, 6.45) is 1.47. The summed E-state index contributed by atoms with van der Waals surface area (Å²) in [6, 6.07) is 4.74. The van der Waals surface area contributed by atoms with Crippen LogP contribution in [0.1, 0.15) is 11.1 Å². The Morgan fingerprint density at radius 3 is 2.90 bits per heavy atom. The number of carbonyl (C=O) groups excluding carboxylic acids is 1. The van der Waals surface area contributed by atoms with Crippen LogP contribution in [0.4, 0.5) is 4.39 Å². The SMILES string of the molecule is CN(C)Cc1cc(F)cc(C=NN=C2NC(=O)CS2)c1. The lowest BCUT2D eigenvalue weighted by atomic mass is 10.1. The highest BCUT2D eigenvalue weighted by atomic mass is 32.2. The second kappa shape index (κ2) is 6.62. The number of thioether (sulfide) groups is 1. The highest BCUT2D eigenvalue weighted by Crippen LogP contribution is 2.11. The van der Waals surface area contributed by atoms with Gasteiger partial charge in [0.2, 0.25) is 5.91 Å². The molecule has 0 spiro atoms. The molecular formula is C13H15FN4OS. The molecule has 1 aromatic rings. The van der Waals surface area contributed by atoms with Crippen LogP contribution >= 0.6 is 11.8 Å². The third kappa shape index (κ3) is 4.43. The van der Waals surface area contributed by atoms with Gasteiger partial charge >= 0.3 is 0 Å². The average Bonchev–Trinajstić information content (AvgIpc) is 2.73. The molecule has 106 valence electrons. The van der Waals surface area contributed by atoms with Crippen LogP contribution < -0.4 is 5.32 Å². The lowest BCUT2D eigenvalue weighted by molar-refractivity contribution is -0.116. The van der Waals surface area contributed by atoms with E-state index in [1.165, 1.54) is 30.1 Å². The Morgan fingerprint density at radius 2 is 2.25 bits per heavy atom. The van der Waals surface area contributed by atoms with Crippen molar-refractivity contribution in [1.29, 1.82) is 0 Å². The van der Waals surface area contributed by atoms with E-state index in [9.17, 15) is 9.18 Å². The van der Waals surface area contributed by atoms with Crippen molar-refractivity contribution in [2.24, 2.45) is 10.2 Å². The van der Waals surface area contributed by atoms with E-state index in [-0.39, 0.29) is 11.7 Å². The van der Waals surface area contributed by atoms with Gasteiger partial charge in [0.1, 0.15) is 5.82 Å². The maximum Gasteiger partial charge on any atom is 0.236 e. The first-order valence-electron chi connectivity index (χ1n) is 6.01. The maximum absolute atomic E-state index is 13.5. The molecule has 0 atom stereocenters. The van der Waals surface area contributed by atoms with E-state index >= 15 is 0 Å². The fourth-order valence-corrected chi connectivity index (χ4v) is 2.36. The van der Waals surface area contributed by atoms with Crippen LogP contribution in [0.15, 0.2) is 28.4 Å². The molecule has 1 heterocycles. The number of carbonyl (C=O) groups is 1. The molecular weight excluding hydrogens is 279 g/mol. The summed E-state index contributed by atoms with van der Waals surface area (Å²) in [5, 5.41) is 10.8. The van der Waals surface area contributed by atoms with E-state index in [1.54, 1.807) is 0 Å². The van der Waals surface area contributed by atoms with Gasteiger partial charge in [-0.05, 0) is 43.4 Å². The molecule has 0 unspecified atom stereocenters. The molecule has 1 amide bonds. The quantitative estimate of drug-likeness (QED) is 0.675. The maximum atomic E-state index is 13.5. The van der Waals surface area contributed by atoms with Crippen LogP contribution in [-0.2, 0) is 11.3 Å². The zero-order chi connectivity index (χ0) is 14.5. The van der Waals surface area contributed by atoms with Crippen molar-refractivity contribution in [3.8, 4) is 0 Å². The van der Waals surface area contributed by atoms with Crippen LogP contribution in [0.5, 0.6) is 0 Å². The summed E-state index contributed by atoms with van der Waals surface area (Å²) >= 11 is 1.30. The molecule has 0 aromatic heterocycles. The second-order valence-corrected chi connectivity index (χ2v) is 5.58. The number of rotatable bonds is 4. The van der Waals surface area contributed by atoms with Crippen LogP contribution in [-0.4, -0.2) is 42.0 Å². The summed E-state index contributed by atoms with van der Waals surface area (Å²) in [5.74, 6) is -0.0219. The van der Waals surface area contributed by atoms with Gasteiger partial charge in [-0.25, -0.2) is 4.39 Å². The number of nitrogens with zero attached hydrogens (tertiary/aromatic N) is 3. The summed E-state index contributed by atoms with van der Waals surface area (Å²) in [7, 11) is 3.84. The Hall–Kier alpha value is -1.73. The number of amidine groups is 1. The summed E-state index contributed by atoms with van der Waals surface area (Å²) in [6.45, 7) is 0.652. The third-order valence-electron chi connectivity index (χ3n) is 2.42. The highest BCUT2D eigenvalue weighted by molar-refractivity contribution is 8.15. The Labute approximate surface area is 121 Å². The fraction of sp³-hybridized carbons (Fsp3) is 0.308. The predicted octanol–water partition coefficient (Wildman–Crippen LogP) is 1.44. The second-order valence-electron chi connectivity index (χ2n) is 4.62. The minimum atomic E-state index is -0.304. The first kappa shape index (κ1) is 14.7. The largest absolute Gasteiger partial charge is 0.305 e. The lowest BCUT2D eigenvalue weighted by Crippen LogP contribution is -2.19. The van der Waals surface area contributed by atoms with Gasteiger partial charge in [0.05, 0.1) is 12.0 Å². The van der Waals surface area contributed by atoms with Gasteiger partial charge in [0.15, 0.2) is 5.17 Å². The summed E-state index contributed by atoms with van der Waals surface area (Å²) in [5.41, 5.74) is 1.51. The average molecular weight is 294 g/mol. The molecule has 1 aliphatic rings. The van der Waals surface area contributed by atoms with E-state index in [1.807, 2.05) is 25.1 Å². The number of amides is 1. The molecule has 1 aliphatic heterocycles. The van der Waals surface area contributed by atoms with Gasteiger partial charge < -0.3 is 10.2 Å². The van der Waals surface area contributed by atoms with Gasteiger partial charge in [-0.1, -0.05) is 11.8 Å². The predicted molar refractivity (Wildman–Crippen MR) is 79.4 cm³/mol. The number of hydrogen-bond acceptors (Lipinski definition) is 5. The van der Waals surface area contributed by atoms with Crippen LogP contribution in [0.2, 0.25) is 0 Å². The number of halogens is 1. The Morgan fingerprint density at radius 1 is 1.45 bits per heavy atom. The van der Waals surface area contributed by atoms with Gasteiger partial charge in [-0.3, -0.25) is 4.79 Å². The van der Waals surface area contributed by atoms with Crippen molar-refractivity contribution in [2.75, 3.05) is 19.8 Å². The van der Waals surface area contributed by atoms with Crippen LogP contribution in [0.3, 0.4) is 0 Å². The molecule has 20 heavy (non-hydrogen) atoms. The zero-order valence-electron chi connectivity index (χ0n) is 11.3. The summed E-state index contributed by atoms with van der Waals surface area (Å²) in [4.78, 5) is 12.9. The Balaban J connectivity index is 2.08. The molecule has 0 saturated carbocycles.